The number of hydrogen-bond donors (Lipinski definition) is 2. The third kappa shape index (κ3) is 2.80. The van der Waals surface area contributed by atoms with E-state index < -0.39 is 17.4 Å². The van der Waals surface area contributed by atoms with Crippen LogP contribution < -0.4 is 20.3 Å². The topological polar surface area (TPSA) is 108 Å². The summed E-state index contributed by atoms with van der Waals surface area (Å²) < 4.78 is 5.86. The summed E-state index contributed by atoms with van der Waals surface area (Å²) in [6, 6.07) is 4.56. The van der Waals surface area contributed by atoms with Crippen LogP contribution in [0.1, 0.15) is 44.1 Å². The van der Waals surface area contributed by atoms with Gasteiger partial charge in [0.25, 0.3) is 0 Å². The predicted molar refractivity (Wildman–Crippen MR) is 113 cm³/mol. The standard InChI is InChI=1S/C23H26N4O5/c28-17-5-4-15(19(29)25-17)27-14-2-1-3-16(18(14)23(6-7-23)20(27)30)32-21(31)26-10-8-22(9-11-26)12-24-13-22/h1-3,15,24H,4-13H2,(H,25,28,29). The van der Waals surface area contributed by atoms with Crippen LogP contribution in [-0.2, 0) is 19.8 Å². The van der Waals surface area contributed by atoms with Gasteiger partial charge < -0.3 is 15.0 Å². The Balaban J connectivity index is 1.26. The Morgan fingerprint density at radius 3 is 2.44 bits per heavy atom. The van der Waals surface area contributed by atoms with Gasteiger partial charge in [0.1, 0.15) is 11.8 Å². The van der Waals surface area contributed by atoms with E-state index in [2.05, 4.69) is 10.6 Å². The molecule has 5 aliphatic rings. The molecule has 1 aromatic carbocycles. The van der Waals surface area contributed by atoms with Crippen LogP contribution in [0.15, 0.2) is 18.2 Å². The first kappa shape index (κ1) is 19.7. The number of piperidine rings is 2. The van der Waals surface area contributed by atoms with Gasteiger partial charge in [-0.25, -0.2) is 4.79 Å². The molecule has 4 fully saturated rings. The van der Waals surface area contributed by atoms with Crippen molar-refractivity contribution in [1.82, 2.24) is 15.5 Å². The van der Waals surface area contributed by atoms with Gasteiger partial charge in [-0.3, -0.25) is 24.6 Å². The quantitative estimate of drug-likeness (QED) is 0.669. The molecular formula is C23H26N4O5. The Labute approximate surface area is 185 Å². The molecule has 0 aromatic heterocycles. The molecule has 0 bridgehead atoms. The van der Waals surface area contributed by atoms with E-state index >= 15 is 0 Å². The maximum Gasteiger partial charge on any atom is 0.415 e. The highest BCUT2D eigenvalue weighted by atomic mass is 16.6. The number of fused-ring (bicyclic) bond motifs is 2. The molecule has 0 radical (unpaired) electrons. The molecule has 9 nitrogen and oxygen atoms in total. The molecule has 168 valence electrons. The highest BCUT2D eigenvalue weighted by Crippen LogP contribution is 2.61. The lowest BCUT2D eigenvalue weighted by atomic mass is 9.73. The van der Waals surface area contributed by atoms with Gasteiger partial charge >= 0.3 is 6.09 Å². The molecule has 3 saturated heterocycles. The Kier molecular flexibility index (Phi) is 4.18. The second kappa shape index (κ2) is 6.78. The molecule has 2 N–H and O–H groups in total. The number of nitrogens with zero attached hydrogens (tertiary/aromatic N) is 2. The molecule has 9 heteroatoms. The van der Waals surface area contributed by atoms with E-state index in [1.54, 1.807) is 23.1 Å². The summed E-state index contributed by atoms with van der Waals surface area (Å²) >= 11 is 0. The zero-order chi connectivity index (χ0) is 22.1. The fraction of sp³-hybridized carbons (Fsp3) is 0.565. The summed E-state index contributed by atoms with van der Waals surface area (Å²) in [6.45, 7) is 3.37. The van der Waals surface area contributed by atoms with Gasteiger partial charge in [-0.1, -0.05) is 6.07 Å². The second-order valence-electron chi connectivity index (χ2n) is 9.83. The van der Waals surface area contributed by atoms with E-state index in [1.807, 2.05) is 0 Å². The maximum absolute atomic E-state index is 13.4. The maximum atomic E-state index is 13.4. The molecule has 1 unspecified atom stereocenters. The lowest BCUT2D eigenvalue weighted by Gasteiger charge is -2.48. The van der Waals surface area contributed by atoms with Crippen LogP contribution in [0.2, 0.25) is 0 Å². The molecule has 4 heterocycles. The molecule has 6 rings (SSSR count). The highest BCUT2D eigenvalue weighted by Gasteiger charge is 2.62. The van der Waals surface area contributed by atoms with Crippen molar-refractivity contribution in [2.45, 2.75) is 50.0 Å². The van der Waals surface area contributed by atoms with Crippen molar-refractivity contribution >= 4 is 29.5 Å². The first-order valence-electron chi connectivity index (χ1n) is 11.4. The minimum atomic E-state index is -0.725. The van der Waals surface area contributed by atoms with E-state index in [0.29, 0.717) is 54.8 Å². The number of benzene rings is 1. The van der Waals surface area contributed by atoms with Gasteiger partial charge in [0, 0.05) is 38.2 Å². The monoisotopic (exact) mass is 438 g/mol. The lowest BCUT2D eigenvalue weighted by Crippen LogP contribution is -2.59. The number of nitrogens with one attached hydrogen (secondary N) is 2. The summed E-state index contributed by atoms with van der Waals surface area (Å²) in [7, 11) is 0. The number of likely N-dealkylation sites (tertiary alicyclic amines) is 1. The minimum absolute atomic E-state index is 0.136. The van der Waals surface area contributed by atoms with Crippen LogP contribution in [0.3, 0.4) is 0 Å². The molecule has 1 atom stereocenters. The smallest absolute Gasteiger partial charge is 0.410 e. The second-order valence-corrected chi connectivity index (χ2v) is 9.83. The van der Waals surface area contributed by atoms with Crippen molar-refractivity contribution < 1.29 is 23.9 Å². The van der Waals surface area contributed by atoms with E-state index in [-0.39, 0.29) is 24.3 Å². The third-order valence-electron chi connectivity index (χ3n) is 7.92. The van der Waals surface area contributed by atoms with Crippen LogP contribution in [0.25, 0.3) is 0 Å². The Bertz CT molecular complexity index is 1030. The number of hydrogen-bond acceptors (Lipinski definition) is 6. The molecule has 1 aromatic rings. The van der Waals surface area contributed by atoms with Crippen LogP contribution in [0, 0.1) is 5.41 Å². The summed E-state index contributed by atoms with van der Waals surface area (Å²) in [5.41, 5.74) is 0.931. The minimum Gasteiger partial charge on any atom is -0.410 e. The van der Waals surface area contributed by atoms with Gasteiger partial charge in [0.05, 0.1) is 11.1 Å². The largest absolute Gasteiger partial charge is 0.415 e. The molecule has 32 heavy (non-hydrogen) atoms. The number of anilines is 1. The van der Waals surface area contributed by atoms with Gasteiger partial charge in [-0.15, -0.1) is 0 Å². The highest BCUT2D eigenvalue weighted by molar-refractivity contribution is 6.16. The number of amides is 4. The van der Waals surface area contributed by atoms with E-state index in [4.69, 9.17) is 4.74 Å². The normalized spacial score (nSPS) is 27.2. The van der Waals surface area contributed by atoms with Crippen LogP contribution >= 0.6 is 0 Å². The number of carbonyl (C=O) groups is 4. The van der Waals surface area contributed by atoms with Crippen LogP contribution in [0.4, 0.5) is 10.5 Å². The Hall–Kier alpha value is -2.94. The summed E-state index contributed by atoms with van der Waals surface area (Å²) in [4.78, 5) is 53.8. The molecule has 2 spiro atoms. The average Bonchev–Trinajstić information content (AvgIpc) is 3.51. The zero-order valence-corrected chi connectivity index (χ0v) is 17.8. The molecule has 1 saturated carbocycles. The lowest BCUT2D eigenvalue weighted by molar-refractivity contribution is -0.135. The molecule has 1 aliphatic carbocycles. The van der Waals surface area contributed by atoms with Crippen molar-refractivity contribution in [1.29, 1.82) is 0 Å². The first-order chi connectivity index (χ1) is 15.4. The fourth-order valence-corrected chi connectivity index (χ4v) is 5.71. The van der Waals surface area contributed by atoms with Gasteiger partial charge in [0.15, 0.2) is 0 Å². The zero-order valence-electron chi connectivity index (χ0n) is 17.8. The Morgan fingerprint density at radius 2 is 1.81 bits per heavy atom. The van der Waals surface area contributed by atoms with E-state index in [1.165, 1.54) is 4.90 Å². The van der Waals surface area contributed by atoms with Crippen molar-refractivity contribution in [2.75, 3.05) is 31.1 Å². The van der Waals surface area contributed by atoms with E-state index in [9.17, 15) is 19.2 Å². The Morgan fingerprint density at radius 1 is 1.06 bits per heavy atom. The molecular weight excluding hydrogens is 412 g/mol. The summed E-state index contributed by atoms with van der Waals surface area (Å²) in [6.07, 6.45) is 3.36. The summed E-state index contributed by atoms with van der Waals surface area (Å²) in [5.74, 6) is -0.502. The SMILES string of the molecule is O=C1CCC(N2C(=O)C3(CC3)c3c(OC(=O)N4CCC5(CC4)CNC5)cccc32)C(=O)N1. The fourth-order valence-electron chi connectivity index (χ4n) is 5.71. The average molecular weight is 438 g/mol. The van der Waals surface area contributed by atoms with E-state index in [0.717, 1.165) is 25.9 Å². The van der Waals surface area contributed by atoms with Crippen molar-refractivity contribution in [2.24, 2.45) is 5.41 Å². The van der Waals surface area contributed by atoms with Crippen molar-refractivity contribution in [3.05, 3.63) is 23.8 Å². The van der Waals surface area contributed by atoms with Gasteiger partial charge in [-0.05, 0) is 49.7 Å². The molecule has 4 aliphatic heterocycles. The molecule has 4 amide bonds. The van der Waals surface area contributed by atoms with Gasteiger partial charge in [0.2, 0.25) is 17.7 Å². The number of carbonyl (C=O) groups excluding carboxylic acids is 4. The summed E-state index contributed by atoms with van der Waals surface area (Å²) in [5, 5.41) is 5.67. The van der Waals surface area contributed by atoms with Crippen molar-refractivity contribution in [3.8, 4) is 5.75 Å². The van der Waals surface area contributed by atoms with Gasteiger partial charge in [-0.2, -0.15) is 0 Å². The number of rotatable bonds is 2. The van der Waals surface area contributed by atoms with Crippen molar-refractivity contribution in [3.63, 3.8) is 0 Å². The van der Waals surface area contributed by atoms with Crippen LogP contribution in [-0.4, -0.2) is 60.9 Å². The number of imide groups is 1. The third-order valence-corrected chi connectivity index (χ3v) is 7.92. The van der Waals surface area contributed by atoms with Crippen LogP contribution in [0.5, 0.6) is 5.75 Å². The predicted octanol–water partition coefficient (Wildman–Crippen LogP) is 1.05. The number of ether oxygens (including phenoxy) is 1. The first-order valence-corrected chi connectivity index (χ1v) is 11.4.